The van der Waals surface area contributed by atoms with Crippen molar-refractivity contribution in [3.05, 3.63) is 65.0 Å². The summed E-state index contributed by atoms with van der Waals surface area (Å²) in [5.74, 6) is -0.979. The summed E-state index contributed by atoms with van der Waals surface area (Å²) >= 11 is 0. The fourth-order valence-corrected chi connectivity index (χ4v) is 2.50. The van der Waals surface area contributed by atoms with E-state index in [1.807, 2.05) is 29.8 Å². The molecule has 2 N–H and O–H groups in total. The molecule has 0 aliphatic rings. The summed E-state index contributed by atoms with van der Waals surface area (Å²) in [5.41, 5.74) is 8.70. The lowest BCUT2D eigenvalue weighted by atomic mass is 10.1. The summed E-state index contributed by atoms with van der Waals surface area (Å²) in [4.78, 5) is 4.54. The summed E-state index contributed by atoms with van der Waals surface area (Å²) in [6, 6.07) is 9.96. The first-order chi connectivity index (χ1) is 10.1. The molecular formula is C16H15F2N3. The molecule has 3 nitrogen and oxygen atoms in total. The van der Waals surface area contributed by atoms with Gasteiger partial charge in [0, 0.05) is 20.0 Å². The van der Waals surface area contributed by atoms with E-state index in [0.717, 1.165) is 22.7 Å². The molecule has 0 aliphatic heterocycles. The standard InChI is InChI=1S/C16H15F2N3/c1-21-13-7-3-5-11(9-19)16(13)20-14(21)8-10-4-2-6-12(17)15(10)18/h2-7H,8-9,19H2,1H3. The molecule has 0 atom stereocenters. The van der Waals surface area contributed by atoms with Crippen LogP contribution in [0.4, 0.5) is 8.78 Å². The Hall–Kier alpha value is -2.27. The second-order valence-corrected chi connectivity index (χ2v) is 4.97. The number of halogens is 2. The highest BCUT2D eigenvalue weighted by molar-refractivity contribution is 5.79. The van der Waals surface area contributed by atoms with Crippen LogP contribution in [0.2, 0.25) is 0 Å². The summed E-state index contributed by atoms with van der Waals surface area (Å²) < 4.78 is 29.0. The fourth-order valence-electron chi connectivity index (χ4n) is 2.50. The molecule has 3 rings (SSSR count). The van der Waals surface area contributed by atoms with Gasteiger partial charge in [-0.15, -0.1) is 0 Å². The second kappa shape index (κ2) is 5.26. The van der Waals surface area contributed by atoms with E-state index in [4.69, 9.17) is 5.73 Å². The number of hydrogen-bond acceptors (Lipinski definition) is 2. The zero-order chi connectivity index (χ0) is 15.0. The third kappa shape index (κ3) is 2.29. The van der Waals surface area contributed by atoms with Crippen molar-refractivity contribution >= 4 is 11.0 Å². The van der Waals surface area contributed by atoms with Crippen LogP contribution in [0.5, 0.6) is 0 Å². The number of rotatable bonds is 3. The lowest BCUT2D eigenvalue weighted by Gasteiger charge is -2.04. The SMILES string of the molecule is Cn1c(Cc2cccc(F)c2F)nc2c(CN)cccc21. The van der Waals surface area contributed by atoms with Gasteiger partial charge >= 0.3 is 0 Å². The predicted octanol–water partition coefficient (Wildman–Crippen LogP) is 2.90. The number of nitrogens with zero attached hydrogens (tertiary/aromatic N) is 2. The van der Waals surface area contributed by atoms with Crippen molar-refractivity contribution < 1.29 is 8.78 Å². The van der Waals surface area contributed by atoms with Crippen LogP contribution in [0.25, 0.3) is 11.0 Å². The molecule has 2 aromatic carbocycles. The first-order valence-electron chi connectivity index (χ1n) is 6.68. The molecule has 1 aromatic heterocycles. The average molecular weight is 287 g/mol. The van der Waals surface area contributed by atoms with E-state index >= 15 is 0 Å². The Balaban J connectivity index is 2.09. The van der Waals surface area contributed by atoms with Crippen LogP contribution in [0, 0.1) is 11.6 Å². The molecule has 0 fully saturated rings. The minimum Gasteiger partial charge on any atom is -0.331 e. The van der Waals surface area contributed by atoms with Crippen LogP contribution in [0.15, 0.2) is 36.4 Å². The van der Waals surface area contributed by atoms with Crippen molar-refractivity contribution in [2.45, 2.75) is 13.0 Å². The lowest BCUT2D eigenvalue weighted by Crippen LogP contribution is -2.02. The van der Waals surface area contributed by atoms with E-state index in [9.17, 15) is 8.78 Å². The van der Waals surface area contributed by atoms with Gasteiger partial charge < -0.3 is 10.3 Å². The summed E-state index contributed by atoms with van der Waals surface area (Å²) in [6.07, 6.45) is 0.235. The van der Waals surface area contributed by atoms with Crippen LogP contribution < -0.4 is 5.73 Å². The number of fused-ring (bicyclic) bond motifs is 1. The Morgan fingerprint density at radius 3 is 2.57 bits per heavy atom. The monoisotopic (exact) mass is 287 g/mol. The van der Waals surface area contributed by atoms with Gasteiger partial charge in [-0.25, -0.2) is 13.8 Å². The van der Waals surface area contributed by atoms with Gasteiger partial charge in [0.1, 0.15) is 5.82 Å². The fraction of sp³-hybridized carbons (Fsp3) is 0.188. The molecule has 0 aliphatic carbocycles. The normalized spacial score (nSPS) is 11.2. The summed E-state index contributed by atoms with van der Waals surface area (Å²) in [5, 5.41) is 0. The third-order valence-corrected chi connectivity index (χ3v) is 3.69. The maximum Gasteiger partial charge on any atom is 0.162 e. The van der Waals surface area contributed by atoms with Crippen molar-refractivity contribution in [3.63, 3.8) is 0 Å². The van der Waals surface area contributed by atoms with Crippen molar-refractivity contribution in [1.82, 2.24) is 9.55 Å². The minimum atomic E-state index is -0.839. The van der Waals surface area contributed by atoms with Gasteiger partial charge in [0.2, 0.25) is 0 Å². The second-order valence-electron chi connectivity index (χ2n) is 4.97. The highest BCUT2D eigenvalue weighted by Crippen LogP contribution is 2.22. The third-order valence-electron chi connectivity index (χ3n) is 3.69. The molecule has 0 unspecified atom stereocenters. The molecule has 21 heavy (non-hydrogen) atoms. The number of benzene rings is 2. The highest BCUT2D eigenvalue weighted by Gasteiger charge is 2.14. The Morgan fingerprint density at radius 1 is 1.10 bits per heavy atom. The number of aryl methyl sites for hydroxylation is 1. The quantitative estimate of drug-likeness (QED) is 0.805. The molecule has 0 radical (unpaired) electrons. The molecule has 5 heteroatoms. The molecule has 0 spiro atoms. The van der Waals surface area contributed by atoms with Crippen molar-refractivity contribution in [3.8, 4) is 0 Å². The Morgan fingerprint density at radius 2 is 1.81 bits per heavy atom. The predicted molar refractivity (Wildman–Crippen MR) is 77.8 cm³/mol. The van der Waals surface area contributed by atoms with Crippen molar-refractivity contribution in [1.29, 1.82) is 0 Å². The number of para-hydroxylation sites is 1. The van der Waals surface area contributed by atoms with E-state index in [0.29, 0.717) is 17.9 Å². The van der Waals surface area contributed by atoms with E-state index in [2.05, 4.69) is 4.98 Å². The van der Waals surface area contributed by atoms with Crippen LogP contribution >= 0.6 is 0 Å². The molecular weight excluding hydrogens is 272 g/mol. The maximum atomic E-state index is 13.8. The molecule has 0 bridgehead atoms. The molecule has 0 saturated heterocycles. The van der Waals surface area contributed by atoms with Crippen LogP contribution in [-0.4, -0.2) is 9.55 Å². The average Bonchev–Trinajstić information content (AvgIpc) is 2.81. The minimum absolute atomic E-state index is 0.235. The van der Waals surface area contributed by atoms with Gasteiger partial charge in [-0.2, -0.15) is 0 Å². The molecule has 0 saturated carbocycles. The van der Waals surface area contributed by atoms with E-state index in [1.165, 1.54) is 6.07 Å². The summed E-state index contributed by atoms with van der Waals surface area (Å²) in [7, 11) is 1.86. The largest absolute Gasteiger partial charge is 0.331 e. The zero-order valence-corrected chi connectivity index (χ0v) is 11.6. The van der Waals surface area contributed by atoms with Crippen LogP contribution in [0.1, 0.15) is 17.0 Å². The molecule has 3 aromatic rings. The molecule has 0 amide bonds. The molecule has 1 heterocycles. The van der Waals surface area contributed by atoms with Gasteiger partial charge in [0.25, 0.3) is 0 Å². The van der Waals surface area contributed by atoms with Crippen molar-refractivity contribution in [2.75, 3.05) is 0 Å². The smallest absolute Gasteiger partial charge is 0.162 e. The molecule has 108 valence electrons. The Labute approximate surface area is 121 Å². The number of nitrogens with two attached hydrogens (primary N) is 1. The first kappa shape index (κ1) is 13.7. The van der Waals surface area contributed by atoms with Gasteiger partial charge in [-0.05, 0) is 23.3 Å². The van der Waals surface area contributed by atoms with Gasteiger partial charge in [-0.3, -0.25) is 0 Å². The van der Waals surface area contributed by atoms with Crippen molar-refractivity contribution in [2.24, 2.45) is 12.8 Å². The zero-order valence-electron chi connectivity index (χ0n) is 11.6. The Kier molecular flexibility index (Phi) is 3.43. The van der Waals surface area contributed by atoms with Gasteiger partial charge in [-0.1, -0.05) is 24.3 Å². The van der Waals surface area contributed by atoms with Crippen LogP contribution in [-0.2, 0) is 20.0 Å². The number of hydrogen-bond donors (Lipinski definition) is 1. The lowest BCUT2D eigenvalue weighted by molar-refractivity contribution is 0.499. The number of aromatic nitrogens is 2. The van der Waals surface area contributed by atoms with E-state index < -0.39 is 11.6 Å². The Bertz CT molecular complexity index is 809. The summed E-state index contributed by atoms with van der Waals surface area (Å²) in [6.45, 7) is 0.391. The van der Waals surface area contributed by atoms with E-state index in [-0.39, 0.29) is 6.42 Å². The maximum absolute atomic E-state index is 13.8. The first-order valence-corrected chi connectivity index (χ1v) is 6.68. The van der Waals surface area contributed by atoms with Gasteiger partial charge in [0.05, 0.1) is 11.0 Å². The van der Waals surface area contributed by atoms with E-state index in [1.54, 1.807) is 6.07 Å². The number of imidazole rings is 1. The van der Waals surface area contributed by atoms with Crippen LogP contribution in [0.3, 0.4) is 0 Å². The highest BCUT2D eigenvalue weighted by atomic mass is 19.2. The topological polar surface area (TPSA) is 43.8 Å². The van der Waals surface area contributed by atoms with Gasteiger partial charge in [0.15, 0.2) is 11.6 Å².